The van der Waals surface area contributed by atoms with Crippen LogP contribution in [-0.4, -0.2) is 12.2 Å². The van der Waals surface area contributed by atoms with Crippen molar-refractivity contribution in [2.45, 2.75) is 45.9 Å². The molecule has 0 saturated carbocycles. The van der Waals surface area contributed by atoms with E-state index in [4.69, 9.17) is 9.05 Å². The lowest BCUT2D eigenvalue weighted by molar-refractivity contribution is -0.0740. The summed E-state index contributed by atoms with van der Waals surface area (Å²) in [6.45, 7) is 11.7. The van der Waals surface area contributed by atoms with E-state index >= 15 is 0 Å². The minimum atomic E-state index is -0.856. The Labute approximate surface area is 112 Å². The van der Waals surface area contributed by atoms with Crippen LogP contribution in [0.1, 0.15) is 45.8 Å². The maximum Gasteiger partial charge on any atom is 0.178 e. The first kappa shape index (κ1) is 14.0. The van der Waals surface area contributed by atoms with E-state index in [0.717, 1.165) is 6.61 Å². The topological polar surface area (TPSA) is 18.5 Å². The highest BCUT2D eigenvalue weighted by Crippen LogP contribution is 2.61. The predicted molar refractivity (Wildman–Crippen MR) is 76.7 cm³/mol. The van der Waals surface area contributed by atoms with E-state index in [2.05, 4.69) is 58.9 Å². The molecule has 0 radical (unpaired) electrons. The number of benzene rings is 1. The zero-order valence-electron chi connectivity index (χ0n) is 11.9. The summed E-state index contributed by atoms with van der Waals surface area (Å²) >= 11 is 0. The Morgan fingerprint density at radius 2 is 1.72 bits per heavy atom. The van der Waals surface area contributed by atoms with Crippen LogP contribution < -0.4 is 0 Å². The van der Waals surface area contributed by atoms with Gasteiger partial charge < -0.3 is 9.05 Å². The lowest BCUT2D eigenvalue weighted by Gasteiger charge is -2.48. The van der Waals surface area contributed by atoms with Crippen molar-refractivity contribution in [3.8, 4) is 0 Å². The molecule has 0 aliphatic carbocycles. The zero-order valence-corrected chi connectivity index (χ0v) is 12.8. The molecule has 0 amide bonds. The summed E-state index contributed by atoms with van der Waals surface area (Å²) < 4.78 is 12.2. The molecule has 0 aromatic heterocycles. The Bertz CT molecular complexity index is 400. The van der Waals surface area contributed by atoms with E-state index in [-0.39, 0.29) is 11.0 Å². The van der Waals surface area contributed by atoms with Gasteiger partial charge in [-0.3, -0.25) is 0 Å². The Kier molecular flexibility index (Phi) is 3.82. The van der Waals surface area contributed by atoms with Gasteiger partial charge in [-0.25, -0.2) is 0 Å². The van der Waals surface area contributed by atoms with Crippen molar-refractivity contribution in [2.24, 2.45) is 5.41 Å². The van der Waals surface area contributed by atoms with Crippen molar-refractivity contribution in [2.75, 3.05) is 6.61 Å². The summed E-state index contributed by atoms with van der Waals surface area (Å²) in [5.74, 6) is 0. The standard InChI is InChI=1S/C15H23O2P/c1-12(13-9-7-6-8-10-13)18-16-11-14(2,3)15(4,5)17-18/h6-10,12H,11H2,1-5H3. The Morgan fingerprint density at radius 3 is 2.28 bits per heavy atom. The predicted octanol–water partition coefficient (Wildman–Crippen LogP) is 4.91. The Hall–Kier alpha value is -0.430. The van der Waals surface area contributed by atoms with E-state index in [9.17, 15) is 0 Å². The first-order chi connectivity index (χ1) is 8.33. The fourth-order valence-corrected chi connectivity index (χ4v) is 3.81. The largest absolute Gasteiger partial charge is 0.333 e. The summed E-state index contributed by atoms with van der Waals surface area (Å²) in [6.07, 6.45) is 0. The highest BCUT2D eigenvalue weighted by Gasteiger charge is 2.46. The third-order valence-corrected chi connectivity index (χ3v) is 6.05. The second-order valence-corrected chi connectivity index (χ2v) is 7.92. The van der Waals surface area contributed by atoms with E-state index in [1.54, 1.807) is 0 Å². The van der Waals surface area contributed by atoms with Gasteiger partial charge >= 0.3 is 0 Å². The van der Waals surface area contributed by atoms with Gasteiger partial charge in [-0.05, 0) is 26.3 Å². The molecule has 1 aliphatic rings. The van der Waals surface area contributed by atoms with Crippen LogP contribution in [0.3, 0.4) is 0 Å². The quantitative estimate of drug-likeness (QED) is 0.708. The lowest BCUT2D eigenvalue weighted by atomic mass is 9.78. The van der Waals surface area contributed by atoms with E-state index in [1.165, 1.54) is 5.56 Å². The minimum absolute atomic E-state index is 0.0578. The van der Waals surface area contributed by atoms with E-state index < -0.39 is 8.38 Å². The van der Waals surface area contributed by atoms with Crippen LogP contribution in [0.25, 0.3) is 0 Å². The summed E-state index contributed by atoms with van der Waals surface area (Å²) in [7, 11) is -0.856. The Morgan fingerprint density at radius 1 is 1.11 bits per heavy atom. The molecule has 1 aliphatic heterocycles. The molecule has 2 rings (SSSR count). The summed E-state index contributed by atoms with van der Waals surface area (Å²) in [6, 6.07) is 10.5. The van der Waals surface area contributed by atoms with Crippen LogP contribution >= 0.6 is 8.38 Å². The lowest BCUT2D eigenvalue weighted by Crippen LogP contribution is -2.46. The third kappa shape index (κ3) is 2.61. The number of hydrogen-bond acceptors (Lipinski definition) is 2. The molecule has 1 fully saturated rings. The van der Waals surface area contributed by atoms with Crippen LogP contribution in [0.2, 0.25) is 0 Å². The average molecular weight is 266 g/mol. The summed E-state index contributed by atoms with van der Waals surface area (Å²) in [5, 5.41) is 0. The monoisotopic (exact) mass is 266 g/mol. The maximum absolute atomic E-state index is 6.25. The molecule has 1 saturated heterocycles. The molecule has 0 bridgehead atoms. The van der Waals surface area contributed by atoms with Gasteiger partial charge in [-0.2, -0.15) is 0 Å². The van der Waals surface area contributed by atoms with Crippen molar-refractivity contribution in [3.63, 3.8) is 0 Å². The molecule has 2 nitrogen and oxygen atoms in total. The fraction of sp³-hybridized carbons (Fsp3) is 0.600. The maximum atomic E-state index is 6.25. The second-order valence-electron chi connectivity index (χ2n) is 6.13. The Balaban J connectivity index is 2.13. The molecule has 3 heteroatoms. The van der Waals surface area contributed by atoms with Gasteiger partial charge in [0.2, 0.25) is 0 Å². The van der Waals surface area contributed by atoms with Gasteiger partial charge in [0.05, 0.1) is 17.9 Å². The van der Waals surface area contributed by atoms with Gasteiger partial charge in [0.15, 0.2) is 8.38 Å². The van der Waals surface area contributed by atoms with Crippen LogP contribution in [-0.2, 0) is 9.05 Å². The minimum Gasteiger partial charge on any atom is -0.333 e. The van der Waals surface area contributed by atoms with Crippen molar-refractivity contribution in [3.05, 3.63) is 35.9 Å². The smallest absolute Gasteiger partial charge is 0.178 e. The normalized spacial score (nSPS) is 27.7. The second kappa shape index (κ2) is 4.92. The number of hydrogen-bond donors (Lipinski definition) is 0. The fourth-order valence-electron chi connectivity index (χ4n) is 1.82. The van der Waals surface area contributed by atoms with Crippen LogP contribution in [0.5, 0.6) is 0 Å². The average Bonchev–Trinajstić information content (AvgIpc) is 2.33. The molecule has 0 spiro atoms. The molecular formula is C15H23O2P. The SMILES string of the molecule is CC(c1ccccc1)P1OCC(C)(C)C(C)(C)O1. The van der Waals surface area contributed by atoms with Crippen LogP contribution in [0, 0.1) is 5.41 Å². The molecule has 18 heavy (non-hydrogen) atoms. The van der Waals surface area contributed by atoms with Crippen molar-refractivity contribution in [1.29, 1.82) is 0 Å². The van der Waals surface area contributed by atoms with Crippen LogP contribution in [0.4, 0.5) is 0 Å². The van der Waals surface area contributed by atoms with Crippen LogP contribution in [0.15, 0.2) is 30.3 Å². The summed E-state index contributed by atoms with van der Waals surface area (Å²) in [4.78, 5) is 0. The first-order valence-electron chi connectivity index (χ1n) is 6.50. The molecule has 2 unspecified atom stereocenters. The van der Waals surface area contributed by atoms with Crippen molar-refractivity contribution in [1.82, 2.24) is 0 Å². The molecule has 2 atom stereocenters. The molecule has 100 valence electrons. The van der Waals surface area contributed by atoms with E-state index in [0.29, 0.717) is 5.66 Å². The molecule has 1 heterocycles. The first-order valence-corrected chi connectivity index (χ1v) is 7.74. The number of rotatable bonds is 2. The van der Waals surface area contributed by atoms with Crippen molar-refractivity contribution >= 4 is 8.38 Å². The van der Waals surface area contributed by atoms with Gasteiger partial charge in [0.25, 0.3) is 0 Å². The molecule has 0 N–H and O–H groups in total. The molecule has 1 aromatic rings. The van der Waals surface area contributed by atoms with E-state index in [1.807, 2.05) is 6.07 Å². The highest BCUT2D eigenvalue weighted by molar-refractivity contribution is 7.47. The van der Waals surface area contributed by atoms with Gasteiger partial charge in [0.1, 0.15) is 0 Å². The van der Waals surface area contributed by atoms with Gasteiger partial charge in [-0.15, -0.1) is 0 Å². The van der Waals surface area contributed by atoms with Crippen molar-refractivity contribution < 1.29 is 9.05 Å². The van der Waals surface area contributed by atoms with Gasteiger partial charge in [0, 0.05) is 5.41 Å². The molecule has 1 aromatic carbocycles. The third-order valence-electron chi connectivity index (χ3n) is 4.10. The zero-order chi connectivity index (χ0) is 13.4. The van der Waals surface area contributed by atoms with Gasteiger partial charge in [-0.1, -0.05) is 44.2 Å². The highest BCUT2D eigenvalue weighted by atomic mass is 31.2. The summed E-state index contributed by atoms with van der Waals surface area (Å²) in [5.41, 5.74) is 1.53. The molecular weight excluding hydrogens is 243 g/mol.